The lowest BCUT2D eigenvalue weighted by Crippen LogP contribution is -2.44. The van der Waals surface area contributed by atoms with Gasteiger partial charge in [0.2, 0.25) is 0 Å². The molecule has 0 aliphatic carbocycles. The smallest absolute Gasteiger partial charge is 0.357 e. The molecule has 0 aromatic carbocycles. The third kappa shape index (κ3) is 4.26. The number of nitrogens with zero attached hydrogens (tertiary/aromatic N) is 4. The summed E-state index contributed by atoms with van der Waals surface area (Å²) in [7, 11) is 0. The first kappa shape index (κ1) is 18.3. The molecule has 1 N–H and O–H groups in total. The molecule has 0 radical (unpaired) electrons. The predicted molar refractivity (Wildman–Crippen MR) is 96.5 cm³/mol. The third-order valence-electron chi connectivity index (χ3n) is 5.54. The van der Waals surface area contributed by atoms with Gasteiger partial charge in [0.05, 0.1) is 0 Å². The summed E-state index contributed by atoms with van der Waals surface area (Å²) in [6.45, 7) is 3.39. The summed E-state index contributed by atoms with van der Waals surface area (Å²) in [6, 6.07) is 6.42. The number of nitrogens with one attached hydrogen (secondary N) is 1. The van der Waals surface area contributed by atoms with Gasteiger partial charge in [0.25, 0.3) is 0 Å². The molecule has 4 rings (SSSR count). The van der Waals surface area contributed by atoms with Gasteiger partial charge in [-0.3, -0.25) is 0 Å². The van der Waals surface area contributed by atoms with Gasteiger partial charge in [-0.2, -0.15) is 13.2 Å². The van der Waals surface area contributed by atoms with Crippen LogP contribution in [-0.2, 0) is 19.1 Å². The minimum absolute atomic E-state index is 0.349. The highest BCUT2D eigenvalue weighted by atomic mass is 19.4. The van der Waals surface area contributed by atoms with Crippen molar-refractivity contribution in [1.82, 2.24) is 19.9 Å². The topological polar surface area (TPSA) is 46.0 Å². The number of halogens is 3. The predicted octanol–water partition coefficient (Wildman–Crippen LogP) is 3.12. The molecule has 0 bridgehead atoms. The zero-order valence-electron chi connectivity index (χ0n) is 15.1. The third-order valence-corrected chi connectivity index (χ3v) is 5.54. The summed E-state index contributed by atoms with van der Waals surface area (Å²) in [5.74, 6) is 1.93. The number of piperidine rings is 1. The first-order valence-corrected chi connectivity index (χ1v) is 9.51. The Bertz CT molecular complexity index is 750. The van der Waals surface area contributed by atoms with Crippen LogP contribution in [-0.4, -0.2) is 40.2 Å². The number of aryl methyl sites for hydroxylation is 1. The molecule has 4 heterocycles. The zero-order chi connectivity index (χ0) is 18.9. The Morgan fingerprint density at radius 2 is 1.96 bits per heavy atom. The van der Waals surface area contributed by atoms with Crippen molar-refractivity contribution in [2.24, 2.45) is 5.92 Å². The van der Waals surface area contributed by atoms with Crippen molar-refractivity contribution in [1.29, 1.82) is 0 Å². The molecular formula is C19H24F3N5. The van der Waals surface area contributed by atoms with Crippen LogP contribution >= 0.6 is 0 Å². The fourth-order valence-corrected chi connectivity index (χ4v) is 4.00. The van der Waals surface area contributed by atoms with Gasteiger partial charge < -0.3 is 14.8 Å². The van der Waals surface area contributed by atoms with E-state index >= 15 is 0 Å². The van der Waals surface area contributed by atoms with Crippen molar-refractivity contribution in [2.45, 2.75) is 44.4 Å². The molecule has 2 aromatic rings. The van der Waals surface area contributed by atoms with Gasteiger partial charge in [-0.05, 0) is 43.9 Å². The molecule has 1 fully saturated rings. The van der Waals surface area contributed by atoms with Gasteiger partial charge in [-0.25, -0.2) is 9.97 Å². The Morgan fingerprint density at radius 1 is 1.15 bits per heavy atom. The average Bonchev–Trinajstić information content (AvgIpc) is 3.11. The Kier molecular flexibility index (Phi) is 5.08. The number of aromatic nitrogens is 3. The van der Waals surface area contributed by atoms with E-state index in [4.69, 9.17) is 0 Å². The minimum atomic E-state index is -4.36. The fourth-order valence-electron chi connectivity index (χ4n) is 4.00. The second-order valence-corrected chi connectivity index (χ2v) is 7.45. The number of hydrogen-bond acceptors (Lipinski definition) is 4. The maximum Gasteiger partial charge on any atom is 0.434 e. The van der Waals surface area contributed by atoms with E-state index < -0.39 is 11.9 Å². The highest BCUT2D eigenvalue weighted by Gasteiger charge is 2.35. The van der Waals surface area contributed by atoms with Crippen molar-refractivity contribution in [3.05, 3.63) is 42.1 Å². The van der Waals surface area contributed by atoms with Crippen molar-refractivity contribution in [3.63, 3.8) is 0 Å². The first-order chi connectivity index (χ1) is 13.0. The van der Waals surface area contributed by atoms with Crippen molar-refractivity contribution < 1.29 is 13.2 Å². The summed E-state index contributed by atoms with van der Waals surface area (Å²) in [5, 5.41) is 3.63. The van der Waals surface area contributed by atoms with Crippen LogP contribution in [0.2, 0.25) is 0 Å². The minimum Gasteiger partial charge on any atom is -0.357 e. The van der Waals surface area contributed by atoms with Crippen LogP contribution in [0, 0.1) is 5.92 Å². The second kappa shape index (κ2) is 7.50. The van der Waals surface area contributed by atoms with Gasteiger partial charge in [0.15, 0.2) is 5.69 Å². The Hall–Kier alpha value is -2.09. The quantitative estimate of drug-likeness (QED) is 0.887. The molecule has 1 unspecified atom stereocenters. The first-order valence-electron chi connectivity index (χ1n) is 9.51. The summed E-state index contributed by atoms with van der Waals surface area (Å²) < 4.78 is 40.1. The summed E-state index contributed by atoms with van der Waals surface area (Å²) in [4.78, 5) is 10.5. The van der Waals surface area contributed by atoms with Crippen molar-refractivity contribution in [2.75, 3.05) is 24.5 Å². The molecule has 2 aliphatic heterocycles. The molecule has 2 aromatic heterocycles. The van der Waals surface area contributed by atoms with Crippen LogP contribution in [0.25, 0.3) is 0 Å². The number of pyridine rings is 1. The van der Waals surface area contributed by atoms with Crippen LogP contribution in [0.1, 0.15) is 30.8 Å². The van der Waals surface area contributed by atoms with Crippen LogP contribution < -0.4 is 10.2 Å². The van der Waals surface area contributed by atoms with E-state index in [2.05, 4.69) is 20.2 Å². The Balaban J connectivity index is 1.25. The van der Waals surface area contributed by atoms with Crippen molar-refractivity contribution >= 4 is 5.82 Å². The average molecular weight is 379 g/mol. The lowest BCUT2D eigenvalue weighted by Gasteiger charge is -2.34. The van der Waals surface area contributed by atoms with E-state index in [1.807, 2.05) is 24.4 Å². The van der Waals surface area contributed by atoms with Crippen molar-refractivity contribution in [3.8, 4) is 0 Å². The highest BCUT2D eigenvalue weighted by Crippen LogP contribution is 2.30. The summed E-state index contributed by atoms with van der Waals surface area (Å²) in [6.07, 6.45) is 2.22. The molecule has 8 heteroatoms. The Labute approximate surface area is 156 Å². The van der Waals surface area contributed by atoms with E-state index in [9.17, 15) is 13.2 Å². The monoisotopic (exact) mass is 379 g/mol. The van der Waals surface area contributed by atoms with E-state index in [1.165, 1.54) is 0 Å². The summed E-state index contributed by atoms with van der Waals surface area (Å²) in [5.41, 5.74) is -0.770. The molecule has 2 aliphatic rings. The van der Waals surface area contributed by atoms with Gasteiger partial charge in [0.1, 0.15) is 11.6 Å². The van der Waals surface area contributed by atoms with Crippen LogP contribution in [0.5, 0.6) is 0 Å². The van der Waals surface area contributed by atoms with E-state index in [1.54, 1.807) is 4.57 Å². The zero-order valence-corrected chi connectivity index (χ0v) is 15.1. The molecule has 27 heavy (non-hydrogen) atoms. The molecule has 0 spiro atoms. The van der Waals surface area contributed by atoms with E-state index in [-0.39, 0.29) is 0 Å². The van der Waals surface area contributed by atoms with E-state index in [0.29, 0.717) is 30.7 Å². The number of hydrogen-bond donors (Lipinski definition) is 1. The second-order valence-electron chi connectivity index (χ2n) is 7.45. The molecule has 1 atom stereocenters. The molecule has 0 amide bonds. The molecule has 0 saturated carbocycles. The summed E-state index contributed by atoms with van der Waals surface area (Å²) >= 11 is 0. The largest absolute Gasteiger partial charge is 0.434 e. The highest BCUT2D eigenvalue weighted by molar-refractivity contribution is 5.38. The fraction of sp³-hybridized carbons (Fsp3) is 0.579. The lowest BCUT2D eigenvalue weighted by atomic mass is 9.98. The van der Waals surface area contributed by atoms with Gasteiger partial charge >= 0.3 is 6.18 Å². The normalized spacial score (nSPS) is 21.3. The van der Waals surface area contributed by atoms with Gasteiger partial charge in [0, 0.05) is 44.5 Å². The molecular weight excluding hydrogens is 355 g/mol. The number of alkyl halides is 3. The van der Waals surface area contributed by atoms with Crippen LogP contribution in [0.4, 0.5) is 19.0 Å². The van der Waals surface area contributed by atoms with Gasteiger partial charge in [-0.15, -0.1) is 0 Å². The Morgan fingerprint density at radius 3 is 2.67 bits per heavy atom. The number of anilines is 1. The molecule has 1 saturated heterocycles. The van der Waals surface area contributed by atoms with Crippen LogP contribution in [0.3, 0.4) is 0 Å². The number of fused-ring (bicyclic) bond motifs is 1. The maximum absolute atomic E-state index is 12.8. The van der Waals surface area contributed by atoms with E-state index in [0.717, 1.165) is 50.9 Å². The molecule has 146 valence electrons. The number of rotatable bonds is 4. The SMILES string of the molecule is FC(F)(F)c1cn2c(n1)CCC(CNC1CCN(c3ccccn3)CC1)C2. The van der Waals surface area contributed by atoms with Gasteiger partial charge in [-0.1, -0.05) is 6.07 Å². The maximum atomic E-state index is 12.8. The number of imidazole rings is 1. The lowest BCUT2D eigenvalue weighted by molar-refractivity contribution is -0.141. The van der Waals surface area contributed by atoms with Crippen LogP contribution in [0.15, 0.2) is 30.6 Å². The standard InChI is InChI=1S/C19H24F3N5/c20-19(21,22)16-13-27-12-14(4-5-18(27)25-16)11-24-15-6-9-26(10-7-15)17-3-1-2-8-23-17/h1-3,8,13-15,24H,4-7,9-12H2. The molecule has 5 nitrogen and oxygen atoms in total.